The summed E-state index contributed by atoms with van der Waals surface area (Å²) in [6, 6.07) is 0. The summed E-state index contributed by atoms with van der Waals surface area (Å²) in [5, 5.41) is 0. The van der Waals surface area contributed by atoms with Crippen LogP contribution >= 0.6 is 7.60 Å². The third-order valence-electron chi connectivity index (χ3n) is 0.991. The fourth-order valence-corrected chi connectivity index (χ4v) is 1.36. The van der Waals surface area contributed by atoms with Gasteiger partial charge in [-0.3, -0.25) is 0 Å². The molecule has 0 aliphatic carbocycles. The Balaban J connectivity index is 0.000000640. The molecular formula is C3H5MgO4P. The molecule has 0 bridgehead atoms. The summed E-state index contributed by atoms with van der Waals surface area (Å²) in [5.41, 5.74) is 0. The van der Waals surface area contributed by atoms with E-state index >= 15 is 0 Å². The van der Waals surface area contributed by atoms with Gasteiger partial charge in [0.1, 0.15) is 5.85 Å². The van der Waals surface area contributed by atoms with E-state index < -0.39 is 13.4 Å². The van der Waals surface area contributed by atoms with Crippen LogP contribution in [0.2, 0.25) is 0 Å². The predicted octanol–water partition coefficient (Wildman–Crippen LogP) is -1.74. The first-order valence-electron chi connectivity index (χ1n) is 2.19. The van der Waals surface area contributed by atoms with Crippen molar-refractivity contribution in [2.24, 2.45) is 0 Å². The van der Waals surface area contributed by atoms with Crippen LogP contribution in [0.15, 0.2) is 0 Å². The van der Waals surface area contributed by atoms with Gasteiger partial charge in [0, 0.05) is 0 Å². The van der Waals surface area contributed by atoms with Gasteiger partial charge >= 0.3 is 23.1 Å². The van der Waals surface area contributed by atoms with E-state index in [0.717, 1.165) is 0 Å². The number of epoxide rings is 1. The minimum absolute atomic E-state index is 0. The Morgan fingerprint density at radius 2 is 1.89 bits per heavy atom. The van der Waals surface area contributed by atoms with Crippen LogP contribution in [0.25, 0.3) is 0 Å². The molecule has 0 saturated carbocycles. The maximum Gasteiger partial charge on any atom is 2.00 e. The van der Waals surface area contributed by atoms with Gasteiger partial charge in [0.15, 0.2) is 0 Å². The Morgan fingerprint density at radius 1 is 1.56 bits per heavy atom. The predicted molar refractivity (Wildman–Crippen MR) is 27.7 cm³/mol. The van der Waals surface area contributed by atoms with Crippen LogP contribution in [0.5, 0.6) is 0 Å². The van der Waals surface area contributed by atoms with Gasteiger partial charge in [-0.05, 0) is 14.5 Å². The molecule has 0 N–H and O–H groups in total. The van der Waals surface area contributed by atoms with E-state index in [-0.39, 0.29) is 29.2 Å². The smallest absolute Gasteiger partial charge is 0.809 e. The largest absolute Gasteiger partial charge is 2.00 e. The molecule has 48 valence electrons. The van der Waals surface area contributed by atoms with Gasteiger partial charge in [0.2, 0.25) is 0 Å². The third kappa shape index (κ3) is 2.53. The summed E-state index contributed by atoms with van der Waals surface area (Å²) in [7, 11) is -4.40. The van der Waals surface area contributed by atoms with Gasteiger partial charge in [-0.1, -0.05) is 0 Å². The molecule has 1 saturated heterocycles. The van der Waals surface area contributed by atoms with Crippen LogP contribution in [0, 0.1) is 0 Å². The summed E-state index contributed by atoms with van der Waals surface area (Å²) in [6.07, 6.45) is -0.379. The minimum Gasteiger partial charge on any atom is -0.809 e. The molecule has 9 heavy (non-hydrogen) atoms. The number of hydrogen-bond donors (Lipinski definition) is 0. The van der Waals surface area contributed by atoms with Crippen molar-refractivity contribution in [3.63, 3.8) is 0 Å². The molecule has 0 aromatic rings. The van der Waals surface area contributed by atoms with E-state index in [9.17, 15) is 14.4 Å². The first-order valence-corrected chi connectivity index (χ1v) is 3.80. The van der Waals surface area contributed by atoms with Crippen LogP contribution in [-0.4, -0.2) is 35.0 Å². The van der Waals surface area contributed by atoms with Crippen molar-refractivity contribution in [2.75, 3.05) is 0 Å². The van der Waals surface area contributed by atoms with Gasteiger partial charge in [-0.25, -0.2) is 0 Å². The summed E-state index contributed by atoms with van der Waals surface area (Å²) in [5.74, 6) is -1.04. The van der Waals surface area contributed by atoms with Crippen molar-refractivity contribution in [1.82, 2.24) is 0 Å². The summed E-state index contributed by atoms with van der Waals surface area (Å²) in [4.78, 5) is 19.9. The van der Waals surface area contributed by atoms with Crippen molar-refractivity contribution < 1.29 is 19.1 Å². The van der Waals surface area contributed by atoms with Crippen molar-refractivity contribution >= 4 is 30.6 Å². The molecule has 1 fully saturated rings. The molecule has 6 heteroatoms. The van der Waals surface area contributed by atoms with Crippen molar-refractivity contribution in [1.29, 1.82) is 0 Å². The standard InChI is InChI=1S/C3H7O4P.Mg/c1-2-3(7-2)8(4,5)6;/h2-3H,1H3,(H2,4,5,6);/q;+2/p-2/t2-,3+;/m0./s1. The first kappa shape index (κ1) is 9.88. The van der Waals surface area contributed by atoms with Crippen LogP contribution in [0.4, 0.5) is 0 Å². The SMILES string of the molecule is C[C@@H]1O[C@@H]1P(=O)([O-])[O-].[Mg+2]. The Bertz CT molecular complexity index is 143. The van der Waals surface area contributed by atoms with E-state index in [4.69, 9.17) is 0 Å². The second-order valence-electron chi connectivity index (χ2n) is 1.77. The second-order valence-corrected chi connectivity index (χ2v) is 3.36. The molecule has 0 aromatic carbocycles. The Labute approximate surface area is 68.9 Å². The van der Waals surface area contributed by atoms with Gasteiger partial charge in [-0.15, -0.1) is 0 Å². The molecule has 1 heterocycles. The zero-order chi connectivity index (χ0) is 6.36. The quantitative estimate of drug-likeness (QED) is 0.259. The van der Waals surface area contributed by atoms with E-state index in [1.165, 1.54) is 0 Å². The molecule has 0 unspecified atom stereocenters. The minimum atomic E-state index is -4.40. The van der Waals surface area contributed by atoms with Gasteiger partial charge in [-0.2, -0.15) is 0 Å². The zero-order valence-electron chi connectivity index (χ0n) is 4.94. The number of rotatable bonds is 1. The molecule has 0 aromatic heterocycles. The van der Waals surface area contributed by atoms with Crippen LogP contribution < -0.4 is 9.79 Å². The molecular weight excluding hydrogens is 155 g/mol. The Morgan fingerprint density at radius 3 is 1.89 bits per heavy atom. The molecule has 1 rings (SSSR count). The second kappa shape index (κ2) is 2.86. The topological polar surface area (TPSA) is 75.7 Å². The average Bonchev–Trinajstić information content (AvgIpc) is 2.13. The number of hydrogen-bond acceptors (Lipinski definition) is 4. The zero-order valence-corrected chi connectivity index (χ0v) is 7.25. The van der Waals surface area contributed by atoms with E-state index in [0.29, 0.717) is 0 Å². The summed E-state index contributed by atoms with van der Waals surface area (Å²) in [6.45, 7) is 1.55. The molecule has 0 radical (unpaired) electrons. The fraction of sp³-hybridized carbons (Fsp3) is 1.00. The van der Waals surface area contributed by atoms with Crippen molar-refractivity contribution in [3.8, 4) is 0 Å². The summed E-state index contributed by atoms with van der Waals surface area (Å²) < 4.78 is 14.3. The maximum atomic E-state index is 9.95. The average molecular weight is 160 g/mol. The maximum absolute atomic E-state index is 9.95. The summed E-state index contributed by atoms with van der Waals surface area (Å²) >= 11 is 0. The molecule has 4 nitrogen and oxygen atoms in total. The van der Waals surface area contributed by atoms with E-state index in [1.54, 1.807) is 6.92 Å². The van der Waals surface area contributed by atoms with Crippen molar-refractivity contribution in [3.05, 3.63) is 0 Å². The normalized spacial score (nSPS) is 33.2. The Hall–Kier alpha value is 0.876. The van der Waals surface area contributed by atoms with Crippen molar-refractivity contribution in [2.45, 2.75) is 18.9 Å². The van der Waals surface area contributed by atoms with E-state index in [1.807, 2.05) is 0 Å². The van der Waals surface area contributed by atoms with Gasteiger partial charge in [0.05, 0.1) is 6.10 Å². The third-order valence-corrected chi connectivity index (χ3v) is 2.16. The van der Waals surface area contributed by atoms with Crippen LogP contribution in [-0.2, 0) is 9.30 Å². The Kier molecular flexibility index (Phi) is 3.14. The molecule has 1 aliphatic rings. The van der Waals surface area contributed by atoms with Gasteiger partial charge < -0.3 is 19.1 Å². The van der Waals surface area contributed by atoms with Crippen LogP contribution in [0.3, 0.4) is 0 Å². The fourth-order valence-electron chi connectivity index (χ4n) is 0.506. The molecule has 2 atom stereocenters. The van der Waals surface area contributed by atoms with Crippen LogP contribution in [0.1, 0.15) is 6.92 Å². The first-order chi connectivity index (χ1) is 3.52. The molecule has 0 spiro atoms. The number of ether oxygens (including phenoxy) is 1. The molecule has 0 amide bonds. The molecule has 1 aliphatic heterocycles. The van der Waals surface area contributed by atoms with Gasteiger partial charge in [0.25, 0.3) is 0 Å². The van der Waals surface area contributed by atoms with E-state index in [2.05, 4.69) is 4.74 Å². The monoisotopic (exact) mass is 160 g/mol.